The van der Waals surface area contributed by atoms with E-state index in [0.29, 0.717) is 32.5 Å². The monoisotopic (exact) mass is 390 g/mol. The highest BCUT2D eigenvalue weighted by atomic mass is 16.2. The van der Waals surface area contributed by atoms with Gasteiger partial charge in [0.25, 0.3) is 5.56 Å². The van der Waals surface area contributed by atoms with Crippen molar-refractivity contribution in [2.24, 2.45) is 0 Å². The van der Waals surface area contributed by atoms with Crippen molar-refractivity contribution in [3.05, 3.63) is 81.3 Å². The van der Waals surface area contributed by atoms with Gasteiger partial charge in [-0.25, -0.2) is 0 Å². The number of nitrogens with zero attached hydrogens (tertiary/aromatic N) is 2. The molecule has 0 fully saturated rings. The first kappa shape index (κ1) is 20.6. The molecule has 2 heterocycles. The molecule has 1 aromatic heterocycles. The number of hydrogen-bond donors (Lipinski definition) is 2. The van der Waals surface area contributed by atoms with Gasteiger partial charge >= 0.3 is 0 Å². The first-order chi connectivity index (χ1) is 14.0. The molecule has 1 amide bonds. The molecule has 1 aliphatic heterocycles. The van der Waals surface area contributed by atoms with Crippen molar-refractivity contribution in [2.75, 3.05) is 19.6 Å². The summed E-state index contributed by atoms with van der Waals surface area (Å²) in [7, 11) is 0. The van der Waals surface area contributed by atoms with Gasteiger partial charge in [-0.05, 0) is 41.5 Å². The Balaban J connectivity index is 1.72. The van der Waals surface area contributed by atoms with Crippen LogP contribution in [0.2, 0.25) is 0 Å². The molecule has 6 nitrogen and oxygen atoms in total. The van der Waals surface area contributed by atoms with Gasteiger partial charge in [0.2, 0.25) is 5.91 Å². The summed E-state index contributed by atoms with van der Waals surface area (Å²) in [5.41, 5.74) is 4.19. The van der Waals surface area contributed by atoms with Crippen LogP contribution in [0.3, 0.4) is 0 Å². The molecule has 6 heteroatoms. The first-order valence-electron chi connectivity index (χ1n) is 9.83. The topological polar surface area (TPSA) is 89.0 Å². The van der Waals surface area contributed by atoms with Gasteiger partial charge < -0.3 is 10.3 Å². The smallest absolute Gasteiger partial charge is 0.266 e. The fourth-order valence-electron chi connectivity index (χ4n) is 3.75. The van der Waals surface area contributed by atoms with Gasteiger partial charge in [0.05, 0.1) is 6.54 Å². The minimum absolute atomic E-state index is 0.0321. The molecular weight excluding hydrogens is 364 g/mol. The van der Waals surface area contributed by atoms with E-state index in [2.05, 4.69) is 41.7 Å². The minimum atomic E-state index is -0.363. The van der Waals surface area contributed by atoms with Crippen LogP contribution in [0.15, 0.2) is 53.4 Å². The summed E-state index contributed by atoms with van der Waals surface area (Å²) in [6, 6.07) is 2.03. The zero-order chi connectivity index (χ0) is 20.8. The van der Waals surface area contributed by atoms with Crippen LogP contribution in [0.4, 0.5) is 0 Å². The lowest BCUT2D eigenvalue weighted by atomic mass is 9.92. The predicted octanol–water partition coefficient (Wildman–Crippen LogP) is 2.28. The summed E-state index contributed by atoms with van der Waals surface area (Å²) in [6.45, 7) is 9.61. The van der Waals surface area contributed by atoms with Crippen molar-refractivity contribution in [3.63, 3.8) is 0 Å². The second kappa shape index (κ2) is 9.35. The summed E-state index contributed by atoms with van der Waals surface area (Å²) < 4.78 is 0. The summed E-state index contributed by atoms with van der Waals surface area (Å²) in [4.78, 5) is 29.6. The number of allylic oxidation sites excluding steroid dienone is 4. The maximum absolute atomic E-state index is 12.4. The molecule has 150 valence electrons. The fourth-order valence-corrected chi connectivity index (χ4v) is 3.75. The second-order valence-corrected chi connectivity index (χ2v) is 7.41. The summed E-state index contributed by atoms with van der Waals surface area (Å²) in [5.74, 6) is -0.0321. The average molecular weight is 390 g/mol. The summed E-state index contributed by atoms with van der Waals surface area (Å²) in [6.07, 6.45) is 11.1. The van der Waals surface area contributed by atoms with Gasteiger partial charge in [0, 0.05) is 31.7 Å². The number of carbonyl (C=O) groups excluding carboxylic acids is 1. The van der Waals surface area contributed by atoms with Crippen molar-refractivity contribution in [1.82, 2.24) is 15.2 Å². The van der Waals surface area contributed by atoms with Crippen LogP contribution >= 0.6 is 0 Å². The molecule has 29 heavy (non-hydrogen) atoms. The molecule has 0 saturated heterocycles. The number of nitrogens with one attached hydrogen (secondary N) is 2. The van der Waals surface area contributed by atoms with E-state index in [0.717, 1.165) is 40.8 Å². The van der Waals surface area contributed by atoms with Gasteiger partial charge in [0.1, 0.15) is 11.6 Å². The molecule has 0 aromatic carbocycles. The van der Waals surface area contributed by atoms with E-state index in [1.165, 1.54) is 0 Å². The van der Waals surface area contributed by atoms with Gasteiger partial charge in [0.15, 0.2) is 0 Å². The van der Waals surface area contributed by atoms with E-state index in [4.69, 9.17) is 0 Å². The Hall–Kier alpha value is -3.17. The highest BCUT2D eigenvalue weighted by Gasteiger charge is 2.25. The Labute approximate surface area is 170 Å². The van der Waals surface area contributed by atoms with Crippen LogP contribution in [-0.2, 0) is 24.2 Å². The number of carbonyl (C=O) groups is 1. The van der Waals surface area contributed by atoms with E-state index in [9.17, 15) is 14.9 Å². The third kappa shape index (κ3) is 5.01. The fraction of sp³-hybridized carbons (Fsp3) is 0.348. The minimum Gasteiger partial charge on any atom is -0.351 e. The van der Waals surface area contributed by atoms with Gasteiger partial charge in [-0.1, -0.05) is 37.5 Å². The van der Waals surface area contributed by atoms with Crippen LogP contribution in [-0.4, -0.2) is 35.4 Å². The zero-order valence-corrected chi connectivity index (χ0v) is 16.6. The molecule has 0 atom stereocenters. The van der Waals surface area contributed by atoms with E-state index in [1.807, 2.05) is 11.0 Å². The number of H-pyrrole nitrogens is 1. The van der Waals surface area contributed by atoms with Crippen LogP contribution in [0.1, 0.15) is 35.2 Å². The maximum Gasteiger partial charge on any atom is 0.266 e. The molecular formula is C23H26N4O2. The lowest BCUT2D eigenvalue weighted by Gasteiger charge is -2.30. The predicted molar refractivity (Wildman–Crippen MR) is 113 cm³/mol. The number of pyridine rings is 1. The SMILES string of the molecule is C=CC(=C)Cc1[nH]c(=O)c(C#N)c2c1CN(CC(=O)NCC1=CCCC=C1)CC2. The number of hydrogen-bond acceptors (Lipinski definition) is 4. The number of amides is 1. The molecule has 0 spiro atoms. The maximum atomic E-state index is 12.4. The lowest BCUT2D eigenvalue weighted by Crippen LogP contribution is -2.41. The number of nitriles is 1. The van der Waals surface area contributed by atoms with E-state index < -0.39 is 0 Å². The van der Waals surface area contributed by atoms with E-state index >= 15 is 0 Å². The Morgan fingerprint density at radius 2 is 2.21 bits per heavy atom. The standard InChI is InChI=1S/C23H26N4O2/c1-3-16(2)11-21-20-14-27(10-9-18(20)19(12-24)23(29)26-21)15-22(28)25-13-17-7-5-4-6-8-17/h3,5,7-8H,1-2,4,6,9-11,13-15H2,(H,25,28)(H,26,29). The Bertz CT molecular complexity index is 991. The number of fused-ring (bicyclic) bond motifs is 1. The third-order valence-corrected chi connectivity index (χ3v) is 5.31. The van der Waals surface area contributed by atoms with Gasteiger partial charge in [-0.2, -0.15) is 5.26 Å². The molecule has 0 radical (unpaired) electrons. The van der Waals surface area contributed by atoms with Crippen molar-refractivity contribution in [3.8, 4) is 6.07 Å². The molecule has 2 aliphatic rings. The number of rotatable bonds is 7. The molecule has 3 rings (SSSR count). The van der Waals surface area contributed by atoms with Crippen molar-refractivity contribution in [2.45, 2.75) is 32.2 Å². The van der Waals surface area contributed by atoms with E-state index in [1.54, 1.807) is 6.08 Å². The van der Waals surface area contributed by atoms with Gasteiger partial charge in [-0.15, -0.1) is 0 Å². The molecule has 1 aliphatic carbocycles. The first-order valence-corrected chi connectivity index (χ1v) is 9.83. The molecule has 0 bridgehead atoms. The van der Waals surface area contributed by atoms with Crippen LogP contribution in [0.25, 0.3) is 0 Å². The molecule has 0 saturated carbocycles. The quantitative estimate of drug-likeness (QED) is 0.699. The summed E-state index contributed by atoms with van der Waals surface area (Å²) in [5, 5.41) is 12.4. The normalized spacial score (nSPS) is 15.8. The molecule has 0 unspecified atom stereocenters. The van der Waals surface area contributed by atoms with Crippen molar-refractivity contribution < 1.29 is 4.79 Å². The zero-order valence-electron chi connectivity index (χ0n) is 16.6. The Morgan fingerprint density at radius 3 is 2.90 bits per heavy atom. The third-order valence-electron chi connectivity index (χ3n) is 5.31. The highest BCUT2D eigenvalue weighted by Crippen LogP contribution is 2.24. The molecule has 2 N–H and O–H groups in total. The second-order valence-electron chi connectivity index (χ2n) is 7.41. The lowest BCUT2D eigenvalue weighted by molar-refractivity contribution is -0.122. The Morgan fingerprint density at radius 1 is 1.38 bits per heavy atom. The molecule has 1 aromatic rings. The largest absolute Gasteiger partial charge is 0.351 e. The van der Waals surface area contributed by atoms with Crippen molar-refractivity contribution in [1.29, 1.82) is 5.26 Å². The van der Waals surface area contributed by atoms with Crippen molar-refractivity contribution >= 4 is 5.91 Å². The van der Waals surface area contributed by atoms with Gasteiger partial charge in [-0.3, -0.25) is 14.5 Å². The number of aromatic amines is 1. The average Bonchev–Trinajstić information content (AvgIpc) is 2.73. The van der Waals surface area contributed by atoms with E-state index in [-0.39, 0.29) is 23.6 Å². The van der Waals surface area contributed by atoms with Crippen LogP contribution in [0, 0.1) is 11.3 Å². The van der Waals surface area contributed by atoms with Crippen LogP contribution in [0.5, 0.6) is 0 Å². The van der Waals surface area contributed by atoms with Crippen LogP contribution < -0.4 is 10.9 Å². The number of aromatic nitrogens is 1. The Kier molecular flexibility index (Phi) is 6.63. The highest BCUT2D eigenvalue weighted by molar-refractivity contribution is 5.78. The summed E-state index contributed by atoms with van der Waals surface area (Å²) >= 11 is 0.